The summed E-state index contributed by atoms with van der Waals surface area (Å²) in [6.45, 7) is 4.35. The van der Waals surface area contributed by atoms with E-state index >= 15 is 0 Å². The number of rotatable bonds is 5. The number of ether oxygens (including phenoxy) is 1. The van der Waals surface area contributed by atoms with Crippen molar-refractivity contribution in [3.63, 3.8) is 0 Å². The van der Waals surface area contributed by atoms with Gasteiger partial charge in [0.2, 0.25) is 6.23 Å². The number of carbonyl (C=O) groups is 1. The lowest BCUT2D eigenvalue weighted by Crippen LogP contribution is -3.19. The van der Waals surface area contributed by atoms with Crippen LogP contribution < -0.4 is 27.3 Å². The number of hydroxylamine groups is 1. The summed E-state index contributed by atoms with van der Waals surface area (Å²) in [6, 6.07) is 10.2. The fourth-order valence-electron chi connectivity index (χ4n) is 4.89. The van der Waals surface area contributed by atoms with E-state index in [1.54, 1.807) is 0 Å². The van der Waals surface area contributed by atoms with E-state index in [0.717, 1.165) is 13.1 Å². The number of nitrogens with one attached hydrogen (secondary N) is 3. The van der Waals surface area contributed by atoms with Crippen LogP contribution >= 0.6 is 11.6 Å². The van der Waals surface area contributed by atoms with Gasteiger partial charge in [0.25, 0.3) is 5.91 Å². The van der Waals surface area contributed by atoms with Crippen molar-refractivity contribution in [2.24, 2.45) is 4.99 Å². The van der Waals surface area contributed by atoms with Gasteiger partial charge in [0.15, 0.2) is 28.4 Å². The Labute approximate surface area is 219 Å². The van der Waals surface area contributed by atoms with E-state index in [0.29, 0.717) is 51.6 Å². The molecule has 0 aliphatic carbocycles. The predicted octanol–water partition coefficient (Wildman–Crippen LogP) is -1.03. The molecule has 1 aromatic heterocycles. The lowest BCUT2D eigenvalue weighted by Gasteiger charge is -2.46. The molecule has 1 spiro atoms. The van der Waals surface area contributed by atoms with Crippen LogP contribution in [0.25, 0.3) is 0 Å². The summed E-state index contributed by atoms with van der Waals surface area (Å²) in [7, 11) is 0. The zero-order valence-electron chi connectivity index (χ0n) is 20.3. The number of carbonyl (C=O) groups excluding carboxylic acids is 1. The summed E-state index contributed by atoms with van der Waals surface area (Å²) in [4.78, 5) is 27.1. The summed E-state index contributed by atoms with van der Waals surface area (Å²) in [5, 5.41) is 21.0. The van der Waals surface area contributed by atoms with Crippen molar-refractivity contribution < 1.29 is 14.7 Å². The van der Waals surface area contributed by atoms with Crippen molar-refractivity contribution in [3.05, 3.63) is 51.9 Å². The van der Waals surface area contributed by atoms with Crippen LogP contribution in [0.3, 0.4) is 0 Å². The van der Waals surface area contributed by atoms with Gasteiger partial charge in [-0.3, -0.25) is 25.2 Å². The van der Waals surface area contributed by atoms with Crippen LogP contribution in [0.2, 0.25) is 5.15 Å². The fraction of sp³-hybridized carbons (Fsp3) is 0.478. The Hall–Kier alpha value is -3.07. The van der Waals surface area contributed by atoms with Gasteiger partial charge in [-0.1, -0.05) is 41.9 Å². The molecule has 1 amide bonds. The molecule has 4 heterocycles. The molecule has 7 N–H and O–H groups in total. The highest BCUT2D eigenvalue weighted by atomic mass is 35.5. The highest BCUT2D eigenvalue weighted by molar-refractivity contribution is 6.31. The number of amides is 1. The molecule has 3 aliphatic rings. The van der Waals surface area contributed by atoms with Crippen LogP contribution in [-0.4, -0.2) is 82.8 Å². The lowest BCUT2D eigenvalue weighted by atomic mass is 9.89. The number of hydrogen-bond acceptors (Lipinski definition) is 11. The zero-order chi connectivity index (χ0) is 26.0. The average Bonchev–Trinajstić information content (AvgIpc) is 3.28. The molecule has 0 bridgehead atoms. The number of piperidine rings is 1. The molecule has 5 rings (SSSR count). The average molecular weight is 531 g/mol. The molecule has 2 saturated heterocycles. The molecule has 198 valence electrons. The Balaban J connectivity index is 1.11. The maximum atomic E-state index is 13.2. The van der Waals surface area contributed by atoms with E-state index in [9.17, 15) is 10.0 Å². The second kappa shape index (κ2) is 10.7. The first-order valence-electron chi connectivity index (χ1n) is 12.2. The number of nitrogen functional groups attached to an aromatic ring is 2. The molecule has 2 atom stereocenters. The van der Waals surface area contributed by atoms with Gasteiger partial charge in [0.05, 0.1) is 38.3 Å². The zero-order valence-corrected chi connectivity index (χ0v) is 21.1. The summed E-state index contributed by atoms with van der Waals surface area (Å²) in [5.74, 6) is -0.426. The van der Waals surface area contributed by atoms with E-state index in [2.05, 4.69) is 42.6 Å². The second-order valence-electron chi connectivity index (χ2n) is 9.56. The molecular weight excluding hydrogens is 500 g/mol. The van der Waals surface area contributed by atoms with Crippen LogP contribution in [0.15, 0.2) is 35.3 Å². The van der Waals surface area contributed by atoms with E-state index in [1.807, 2.05) is 23.2 Å². The molecule has 3 aliphatic heterocycles. The summed E-state index contributed by atoms with van der Waals surface area (Å²) in [6.07, 6.45) is 0.919. The standard InChI is InChI=1S/C23H31ClN10O3/c24-18-20(26)29-19(25)17(28-18)21(35)30-22-27-14-23(31-22)6-8-33(9-7-23)34(36)16-13-32(10-11-37-16)12-15-4-2-1-3-5-15/h1-5,16,34H,6-14H2,(H4,25,26,29)(H2,27,30,31,35). The number of aliphatic imine (C=N–C) groups is 1. The molecule has 2 fully saturated rings. The van der Waals surface area contributed by atoms with Crippen molar-refractivity contribution in [1.29, 1.82) is 0 Å². The molecule has 1 aromatic carbocycles. The number of quaternary nitrogens is 1. The number of hydrogen-bond donors (Lipinski definition) is 5. The van der Waals surface area contributed by atoms with Gasteiger partial charge in [-0.05, 0) is 18.4 Å². The molecule has 37 heavy (non-hydrogen) atoms. The van der Waals surface area contributed by atoms with Gasteiger partial charge in [0, 0.05) is 13.1 Å². The number of guanidine groups is 1. The maximum absolute atomic E-state index is 13.2. The molecule has 2 aromatic rings. The lowest BCUT2D eigenvalue weighted by molar-refractivity contribution is -1.01. The molecule has 14 heteroatoms. The van der Waals surface area contributed by atoms with Crippen LogP contribution in [-0.2, 0) is 11.3 Å². The molecule has 13 nitrogen and oxygen atoms in total. The Bertz CT molecular complexity index is 1160. The van der Waals surface area contributed by atoms with Crippen molar-refractivity contribution in [2.75, 3.05) is 50.8 Å². The third-order valence-electron chi connectivity index (χ3n) is 6.98. The topological polar surface area (TPSA) is 175 Å². The van der Waals surface area contributed by atoms with Crippen LogP contribution in [0.5, 0.6) is 0 Å². The molecule has 0 radical (unpaired) electrons. The van der Waals surface area contributed by atoms with Gasteiger partial charge in [-0.2, -0.15) is 5.01 Å². The van der Waals surface area contributed by atoms with Crippen molar-refractivity contribution in [3.8, 4) is 0 Å². The summed E-state index contributed by atoms with van der Waals surface area (Å²) >= 11 is 5.88. The Morgan fingerprint density at radius 3 is 2.73 bits per heavy atom. The highest BCUT2D eigenvalue weighted by Gasteiger charge is 2.42. The minimum atomic E-state index is -0.586. The molecule has 0 saturated carbocycles. The quantitative estimate of drug-likeness (QED) is 0.301. The first kappa shape index (κ1) is 25.6. The highest BCUT2D eigenvalue weighted by Crippen LogP contribution is 2.25. The Morgan fingerprint density at radius 2 is 1.97 bits per heavy atom. The van der Waals surface area contributed by atoms with Gasteiger partial charge in [-0.25, -0.2) is 9.97 Å². The van der Waals surface area contributed by atoms with Crippen molar-refractivity contribution >= 4 is 35.1 Å². The summed E-state index contributed by atoms with van der Waals surface area (Å²) < 4.78 is 5.85. The van der Waals surface area contributed by atoms with Crippen LogP contribution in [0, 0.1) is 5.21 Å². The van der Waals surface area contributed by atoms with Crippen LogP contribution in [0.1, 0.15) is 28.9 Å². The van der Waals surface area contributed by atoms with E-state index < -0.39 is 12.1 Å². The number of nitrogens with two attached hydrogens (primary N) is 2. The smallest absolute Gasteiger partial charge is 0.280 e. The second-order valence-corrected chi connectivity index (χ2v) is 9.92. The minimum absolute atomic E-state index is 0.0225. The third-order valence-corrected chi connectivity index (χ3v) is 7.26. The molecular formula is C23H31ClN10O3. The predicted molar refractivity (Wildman–Crippen MR) is 138 cm³/mol. The molecule has 2 unspecified atom stereocenters. The van der Waals surface area contributed by atoms with Gasteiger partial charge >= 0.3 is 0 Å². The number of anilines is 2. The van der Waals surface area contributed by atoms with Crippen LogP contribution in [0.4, 0.5) is 11.6 Å². The third kappa shape index (κ3) is 5.76. The van der Waals surface area contributed by atoms with Gasteiger partial charge in [-0.15, -0.1) is 0 Å². The Kier molecular flexibility index (Phi) is 7.42. The van der Waals surface area contributed by atoms with Crippen molar-refractivity contribution in [1.82, 2.24) is 30.5 Å². The van der Waals surface area contributed by atoms with E-state index in [-0.39, 0.29) is 33.2 Å². The van der Waals surface area contributed by atoms with Crippen molar-refractivity contribution in [2.45, 2.75) is 31.2 Å². The van der Waals surface area contributed by atoms with E-state index in [1.165, 1.54) is 5.56 Å². The van der Waals surface area contributed by atoms with Gasteiger partial charge in [0.1, 0.15) is 0 Å². The SMILES string of the molecule is Nc1nc(N)c(C(=O)NC2=NCC3(CCN([NH+]([O-])C4CN(Cc5ccccc5)CCO4)CC3)N2)nc1Cl. The summed E-state index contributed by atoms with van der Waals surface area (Å²) in [5.41, 5.74) is 12.1. The first-order valence-corrected chi connectivity index (χ1v) is 12.6. The Morgan fingerprint density at radius 1 is 1.22 bits per heavy atom. The van der Waals surface area contributed by atoms with Gasteiger partial charge < -0.3 is 26.7 Å². The number of halogens is 1. The number of nitrogens with zero attached hydrogens (tertiary/aromatic N) is 5. The fourth-order valence-corrected chi connectivity index (χ4v) is 5.01. The largest absolute Gasteiger partial charge is 0.611 e. The minimum Gasteiger partial charge on any atom is -0.611 e. The normalized spacial score (nSPS) is 22.9. The maximum Gasteiger partial charge on any atom is 0.280 e. The van der Waals surface area contributed by atoms with E-state index in [4.69, 9.17) is 27.8 Å². The first-order chi connectivity index (χ1) is 17.8. The number of benzene rings is 1. The number of aromatic nitrogens is 2. The number of morpholine rings is 1. The monoisotopic (exact) mass is 530 g/mol.